The van der Waals surface area contributed by atoms with E-state index in [2.05, 4.69) is 21.3 Å². The van der Waals surface area contributed by atoms with Gasteiger partial charge in [-0.05, 0) is 50.1 Å². The first-order chi connectivity index (χ1) is 13.4. The topological polar surface area (TPSA) is 88.7 Å². The number of benzene rings is 1. The first kappa shape index (κ1) is 18.6. The van der Waals surface area contributed by atoms with Crippen molar-refractivity contribution in [3.8, 4) is 0 Å². The van der Waals surface area contributed by atoms with Gasteiger partial charge in [-0.2, -0.15) is 0 Å². The van der Waals surface area contributed by atoms with Crippen molar-refractivity contribution in [1.82, 2.24) is 20.1 Å². The number of hydrogen-bond acceptors (Lipinski definition) is 3. The van der Waals surface area contributed by atoms with Crippen LogP contribution in [0.5, 0.6) is 0 Å². The number of nitrogens with zero attached hydrogens (tertiary/aromatic N) is 2. The van der Waals surface area contributed by atoms with Gasteiger partial charge < -0.3 is 20.3 Å². The van der Waals surface area contributed by atoms with Crippen LogP contribution in [-0.4, -0.2) is 70.7 Å². The predicted molar refractivity (Wildman–Crippen MR) is 109 cm³/mol. The Labute approximate surface area is 164 Å². The molecule has 1 aromatic heterocycles. The Hall–Kier alpha value is -2.80. The van der Waals surface area contributed by atoms with Gasteiger partial charge in [0.25, 0.3) is 0 Å². The van der Waals surface area contributed by atoms with Crippen molar-refractivity contribution in [2.45, 2.75) is 32.4 Å². The molecule has 0 radical (unpaired) electrons. The van der Waals surface area contributed by atoms with Crippen LogP contribution >= 0.6 is 0 Å². The number of amides is 2. The Kier molecular flexibility index (Phi) is 4.63. The molecular formula is C21H26N4O3. The molecule has 1 aliphatic carbocycles. The standard InChI is InChI=1S/C21H26N4O3/c1-4-25(5-2)21(28)22-12-9-14-13-7-6-8-16-18(13)15(19(23-16)20(26)27)10-17(14)24(3)11-12/h6-9,12,17,23H,4-5,10-11H2,1-3H3,(H,22,28)(H,26,27)/t12-,17+/m0/s1. The molecule has 3 N–H and O–H groups in total. The van der Waals surface area contributed by atoms with E-state index in [0.29, 0.717) is 26.1 Å². The number of aromatic carboxylic acids is 1. The molecule has 2 atom stereocenters. The summed E-state index contributed by atoms with van der Waals surface area (Å²) >= 11 is 0. The molecule has 2 amide bonds. The number of nitrogens with one attached hydrogen (secondary N) is 2. The second kappa shape index (κ2) is 6.98. The van der Waals surface area contributed by atoms with E-state index in [1.165, 1.54) is 0 Å². The lowest BCUT2D eigenvalue weighted by atomic mass is 9.80. The number of carbonyl (C=O) groups excluding carboxylic acids is 1. The Morgan fingerprint density at radius 2 is 2.07 bits per heavy atom. The van der Waals surface area contributed by atoms with E-state index >= 15 is 0 Å². The van der Waals surface area contributed by atoms with E-state index in [1.807, 2.05) is 39.1 Å². The van der Waals surface area contributed by atoms with Crippen molar-refractivity contribution in [3.05, 3.63) is 41.1 Å². The molecule has 2 heterocycles. The number of H-pyrrole nitrogens is 1. The number of aromatic nitrogens is 1. The summed E-state index contributed by atoms with van der Waals surface area (Å²) in [5.74, 6) is -0.924. The van der Waals surface area contributed by atoms with E-state index < -0.39 is 5.97 Å². The first-order valence-corrected chi connectivity index (χ1v) is 9.79. The van der Waals surface area contributed by atoms with Crippen molar-refractivity contribution in [2.75, 3.05) is 26.7 Å². The van der Waals surface area contributed by atoms with Gasteiger partial charge in [0.2, 0.25) is 0 Å². The number of carbonyl (C=O) groups is 2. The minimum absolute atomic E-state index is 0.0526. The highest BCUT2D eigenvalue weighted by molar-refractivity contribution is 6.04. The maximum Gasteiger partial charge on any atom is 0.352 e. The van der Waals surface area contributed by atoms with E-state index in [1.54, 1.807) is 4.90 Å². The second-order valence-electron chi connectivity index (χ2n) is 7.52. The zero-order valence-corrected chi connectivity index (χ0v) is 16.5. The summed E-state index contributed by atoms with van der Waals surface area (Å²) in [5.41, 5.74) is 4.22. The largest absolute Gasteiger partial charge is 0.477 e. The fourth-order valence-corrected chi connectivity index (χ4v) is 4.58. The summed E-state index contributed by atoms with van der Waals surface area (Å²) in [6.07, 6.45) is 2.80. The summed E-state index contributed by atoms with van der Waals surface area (Å²) in [5, 5.41) is 13.7. The van der Waals surface area contributed by atoms with Gasteiger partial charge in [0.05, 0.1) is 6.04 Å². The number of fused-ring (bicyclic) bond motifs is 2. The maximum absolute atomic E-state index is 12.5. The van der Waals surface area contributed by atoms with Gasteiger partial charge in [-0.25, -0.2) is 9.59 Å². The van der Waals surface area contributed by atoms with Crippen molar-refractivity contribution >= 4 is 28.5 Å². The average molecular weight is 382 g/mol. The molecule has 7 heteroatoms. The zero-order chi connectivity index (χ0) is 20.0. The van der Waals surface area contributed by atoms with E-state index in [0.717, 1.165) is 27.6 Å². The number of carboxylic acids is 1. The van der Waals surface area contributed by atoms with Crippen LogP contribution in [0.3, 0.4) is 0 Å². The van der Waals surface area contributed by atoms with Crippen molar-refractivity contribution in [2.24, 2.45) is 0 Å². The molecule has 7 nitrogen and oxygen atoms in total. The smallest absolute Gasteiger partial charge is 0.352 e. The first-order valence-electron chi connectivity index (χ1n) is 9.79. The molecule has 0 unspecified atom stereocenters. The van der Waals surface area contributed by atoms with Crippen LogP contribution < -0.4 is 5.32 Å². The van der Waals surface area contributed by atoms with Crippen molar-refractivity contribution in [1.29, 1.82) is 0 Å². The zero-order valence-electron chi connectivity index (χ0n) is 16.5. The van der Waals surface area contributed by atoms with Crippen LogP contribution in [0.4, 0.5) is 4.79 Å². The predicted octanol–water partition coefficient (Wildman–Crippen LogP) is 2.54. The number of urea groups is 1. The quantitative estimate of drug-likeness (QED) is 0.758. The Morgan fingerprint density at radius 1 is 1.32 bits per heavy atom. The highest BCUT2D eigenvalue weighted by atomic mass is 16.4. The third-order valence-electron chi connectivity index (χ3n) is 5.97. The highest BCUT2D eigenvalue weighted by Crippen LogP contribution is 2.41. The lowest BCUT2D eigenvalue weighted by Crippen LogP contribution is -2.52. The van der Waals surface area contributed by atoms with Crippen LogP contribution in [0.15, 0.2) is 24.3 Å². The molecule has 0 saturated heterocycles. The van der Waals surface area contributed by atoms with Crippen molar-refractivity contribution < 1.29 is 14.7 Å². The van der Waals surface area contributed by atoms with Gasteiger partial charge in [-0.15, -0.1) is 0 Å². The highest BCUT2D eigenvalue weighted by Gasteiger charge is 2.36. The fourth-order valence-electron chi connectivity index (χ4n) is 4.58. The molecule has 148 valence electrons. The van der Waals surface area contributed by atoms with Crippen LogP contribution in [0, 0.1) is 0 Å². The molecule has 0 bridgehead atoms. The van der Waals surface area contributed by atoms with Crippen LogP contribution in [-0.2, 0) is 6.42 Å². The molecule has 1 aliphatic heterocycles. The normalized spacial score (nSPS) is 21.2. The lowest BCUT2D eigenvalue weighted by Gasteiger charge is -2.40. The summed E-state index contributed by atoms with van der Waals surface area (Å²) in [6, 6.07) is 5.88. The van der Waals surface area contributed by atoms with Gasteiger partial charge in [0, 0.05) is 36.6 Å². The van der Waals surface area contributed by atoms with Crippen LogP contribution in [0.2, 0.25) is 0 Å². The molecule has 2 aromatic rings. The monoisotopic (exact) mass is 382 g/mol. The van der Waals surface area contributed by atoms with E-state index in [4.69, 9.17) is 0 Å². The number of likely N-dealkylation sites (N-methyl/N-ethyl adjacent to an activating group) is 1. The van der Waals surface area contributed by atoms with Gasteiger partial charge in [-0.3, -0.25) is 4.90 Å². The summed E-state index contributed by atoms with van der Waals surface area (Å²) < 4.78 is 0. The Balaban J connectivity index is 1.75. The summed E-state index contributed by atoms with van der Waals surface area (Å²) in [6.45, 7) is 5.99. The fraction of sp³-hybridized carbons (Fsp3) is 0.429. The van der Waals surface area contributed by atoms with Crippen LogP contribution in [0.1, 0.15) is 35.5 Å². The molecule has 28 heavy (non-hydrogen) atoms. The van der Waals surface area contributed by atoms with Gasteiger partial charge >= 0.3 is 12.0 Å². The second-order valence-corrected chi connectivity index (χ2v) is 7.52. The SMILES string of the molecule is CCN(CC)C(=O)N[C@H]1C=C2c3cccc4[nH]c(C(=O)O)c(c34)C[C@H]2N(C)C1. The number of aromatic amines is 1. The molecule has 0 fully saturated rings. The maximum atomic E-state index is 12.5. The minimum atomic E-state index is -0.924. The van der Waals surface area contributed by atoms with E-state index in [-0.39, 0.29) is 23.8 Å². The molecule has 1 aromatic carbocycles. The third kappa shape index (κ3) is 2.86. The minimum Gasteiger partial charge on any atom is -0.477 e. The molecule has 4 rings (SSSR count). The average Bonchev–Trinajstić information content (AvgIpc) is 3.04. The van der Waals surface area contributed by atoms with Gasteiger partial charge in [-0.1, -0.05) is 18.2 Å². The number of hydrogen-bond donors (Lipinski definition) is 3. The Bertz CT molecular complexity index is 973. The lowest BCUT2D eigenvalue weighted by molar-refractivity contribution is 0.0689. The molecule has 0 spiro atoms. The van der Waals surface area contributed by atoms with Crippen LogP contribution in [0.25, 0.3) is 16.5 Å². The number of carboxylic acid groups (broad SMARTS) is 1. The summed E-state index contributed by atoms with van der Waals surface area (Å²) in [7, 11) is 2.03. The van der Waals surface area contributed by atoms with Gasteiger partial charge in [0.15, 0.2) is 0 Å². The Morgan fingerprint density at radius 3 is 2.75 bits per heavy atom. The third-order valence-corrected chi connectivity index (χ3v) is 5.97. The van der Waals surface area contributed by atoms with Gasteiger partial charge in [0.1, 0.15) is 5.69 Å². The molecule has 0 saturated carbocycles. The van der Waals surface area contributed by atoms with E-state index in [9.17, 15) is 14.7 Å². The summed E-state index contributed by atoms with van der Waals surface area (Å²) in [4.78, 5) is 31.3. The number of rotatable bonds is 4. The molecule has 2 aliphatic rings. The van der Waals surface area contributed by atoms with Crippen molar-refractivity contribution in [3.63, 3.8) is 0 Å². The molecular weight excluding hydrogens is 356 g/mol.